The third-order valence-electron chi connectivity index (χ3n) is 4.76. The molecule has 0 aliphatic carbocycles. The predicted octanol–water partition coefficient (Wildman–Crippen LogP) is -1.86. The van der Waals surface area contributed by atoms with Crippen molar-refractivity contribution in [2.45, 2.75) is 38.0 Å². The number of carboxylic acid groups (broad SMARTS) is 1. The molecule has 7 N–H and O–H groups in total. The Hall–Kier alpha value is -2.83. The van der Waals surface area contributed by atoms with Crippen LogP contribution in [0.1, 0.15) is 22.8 Å². The largest absolute Gasteiger partial charge is 0.535 e. The van der Waals surface area contributed by atoms with Crippen LogP contribution in [0, 0.1) is 0 Å². The van der Waals surface area contributed by atoms with E-state index in [0.29, 0.717) is 18.3 Å². The highest BCUT2D eigenvalue weighted by atomic mass is 16.5. The minimum Gasteiger partial charge on any atom is -0.535 e. The highest BCUT2D eigenvalue weighted by molar-refractivity contribution is 6.44. The molecule has 1 aromatic carbocycles. The minimum absolute atomic E-state index is 0.0945. The van der Waals surface area contributed by atoms with Crippen molar-refractivity contribution in [2.75, 3.05) is 13.1 Å². The number of carboxylic acids is 1. The molecule has 0 unspecified atom stereocenters. The second kappa shape index (κ2) is 8.27. The zero-order valence-electron chi connectivity index (χ0n) is 15.8. The first-order valence-corrected chi connectivity index (χ1v) is 9.18. The van der Waals surface area contributed by atoms with Crippen molar-refractivity contribution in [1.29, 1.82) is 0 Å². The number of ether oxygens (including phenoxy) is 1. The fraction of sp³-hybridized carbons (Fsp3) is 0.471. The van der Waals surface area contributed by atoms with Gasteiger partial charge in [-0.25, -0.2) is 4.79 Å². The molecule has 1 saturated heterocycles. The number of benzene rings is 1. The molecule has 0 bridgehead atoms. The van der Waals surface area contributed by atoms with E-state index in [1.54, 1.807) is 12.1 Å². The van der Waals surface area contributed by atoms with Gasteiger partial charge < -0.3 is 41.2 Å². The Balaban J connectivity index is 1.63. The summed E-state index contributed by atoms with van der Waals surface area (Å²) in [5.41, 5.74) is 11.6. The first kappa shape index (κ1) is 20.9. The van der Waals surface area contributed by atoms with Crippen LogP contribution < -0.4 is 26.2 Å². The molecule has 2 aliphatic rings. The van der Waals surface area contributed by atoms with Gasteiger partial charge in [-0.3, -0.25) is 9.59 Å². The molecule has 12 heteroatoms. The van der Waals surface area contributed by atoms with Gasteiger partial charge in [-0.05, 0) is 31.3 Å². The second-order valence-electron chi connectivity index (χ2n) is 7.10. The van der Waals surface area contributed by atoms with Crippen LogP contribution in [0.3, 0.4) is 0 Å². The lowest BCUT2D eigenvalue weighted by atomic mass is 9.78. The number of aromatic carboxylic acids is 1. The van der Waals surface area contributed by atoms with Crippen LogP contribution in [0.4, 0.5) is 0 Å². The molecule has 0 radical (unpaired) electrons. The Morgan fingerprint density at radius 2 is 2.03 bits per heavy atom. The zero-order valence-corrected chi connectivity index (χ0v) is 15.8. The summed E-state index contributed by atoms with van der Waals surface area (Å²) in [6.07, 6.45) is -0.790. The highest BCUT2D eigenvalue weighted by Gasteiger charge is 2.37. The number of hydrogen-bond acceptors (Lipinski definition) is 8. The van der Waals surface area contributed by atoms with Crippen LogP contribution in [0.15, 0.2) is 12.1 Å². The number of amides is 2. The van der Waals surface area contributed by atoms with Crippen LogP contribution >= 0.6 is 0 Å². The first-order chi connectivity index (χ1) is 13.7. The maximum Gasteiger partial charge on any atom is 0.522 e. The summed E-state index contributed by atoms with van der Waals surface area (Å²) in [4.78, 5) is 36.9. The van der Waals surface area contributed by atoms with E-state index in [0.717, 1.165) is 0 Å². The van der Waals surface area contributed by atoms with Gasteiger partial charge in [-0.2, -0.15) is 0 Å². The average Bonchev–Trinajstić information content (AvgIpc) is 2.62. The molecule has 1 aromatic rings. The summed E-state index contributed by atoms with van der Waals surface area (Å²) >= 11 is 0. The summed E-state index contributed by atoms with van der Waals surface area (Å²) in [6.45, 7) is 1.84. The number of likely N-dealkylation sites (tertiary alicyclic amines) is 1. The summed E-state index contributed by atoms with van der Waals surface area (Å²) in [6, 6.07) is 2.45. The predicted molar refractivity (Wildman–Crippen MR) is 101 cm³/mol. The fourth-order valence-electron chi connectivity index (χ4n) is 3.13. The van der Waals surface area contributed by atoms with Gasteiger partial charge in [0, 0.05) is 0 Å². The maximum atomic E-state index is 12.2. The molecule has 1 fully saturated rings. The van der Waals surface area contributed by atoms with Crippen LogP contribution in [-0.2, 0) is 16.0 Å². The van der Waals surface area contributed by atoms with Gasteiger partial charge in [0.2, 0.25) is 5.91 Å². The number of rotatable bonds is 6. The number of nitrogens with zero attached hydrogens (tertiary/aromatic N) is 1. The van der Waals surface area contributed by atoms with Crippen molar-refractivity contribution in [3.8, 4) is 11.5 Å². The highest BCUT2D eigenvalue weighted by Crippen LogP contribution is 2.37. The number of hydrogen-bond donors (Lipinski definition) is 5. The van der Waals surface area contributed by atoms with Gasteiger partial charge in [-0.1, -0.05) is 6.07 Å². The Bertz CT molecular complexity index is 828. The Morgan fingerprint density at radius 3 is 2.66 bits per heavy atom. The van der Waals surface area contributed by atoms with E-state index in [-0.39, 0.29) is 30.2 Å². The Kier molecular flexibility index (Phi) is 5.96. The van der Waals surface area contributed by atoms with Crippen LogP contribution in [0.25, 0.3) is 0 Å². The maximum absolute atomic E-state index is 12.2. The monoisotopic (exact) mass is 406 g/mol. The number of aryl methyl sites for hydroxylation is 1. The molecule has 2 amide bonds. The SMILES string of the molecule is C[C@@H](N)C(=O)N[C@H](N)C(=O)N1CC(Oc2ccc3c(c2C(=O)O)OB(O)CC3)C1. The molecule has 11 nitrogen and oxygen atoms in total. The molecule has 2 heterocycles. The van der Waals surface area contributed by atoms with Gasteiger partial charge in [0.1, 0.15) is 23.2 Å². The van der Waals surface area contributed by atoms with Crippen molar-refractivity contribution in [2.24, 2.45) is 11.5 Å². The van der Waals surface area contributed by atoms with Gasteiger partial charge in [0.05, 0.1) is 19.1 Å². The molecular formula is C17H23BN4O7. The van der Waals surface area contributed by atoms with Crippen LogP contribution in [0.5, 0.6) is 11.5 Å². The lowest BCUT2D eigenvalue weighted by molar-refractivity contribution is -0.144. The second-order valence-corrected chi connectivity index (χ2v) is 7.10. The van der Waals surface area contributed by atoms with E-state index in [9.17, 15) is 24.5 Å². The molecule has 0 aromatic heterocycles. The number of fused-ring (bicyclic) bond motifs is 1. The third kappa shape index (κ3) is 4.44. The quantitative estimate of drug-likeness (QED) is 0.268. The molecule has 0 saturated carbocycles. The van der Waals surface area contributed by atoms with Crippen LogP contribution in [-0.4, -0.2) is 71.3 Å². The van der Waals surface area contributed by atoms with E-state index >= 15 is 0 Å². The molecule has 156 valence electrons. The third-order valence-corrected chi connectivity index (χ3v) is 4.76. The van der Waals surface area contributed by atoms with E-state index in [2.05, 4.69) is 5.32 Å². The van der Waals surface area contributed by atoms with Gasteiger partial charge in [-0.15, -0.1) is 0 Å². The Morgan fingerprint density at radius 1 is 1.34 bits per heavy atom. The Labute approximate surface area is 167 Å². The van der Waals surface area contributed by atoms with E-state index in [1.165, 1.54) is 11.8 Å². The fourth-order valence-corrected chi connectivity index (χ4v) is 3.13. The molecular weight excluding hydrogens is 383 g/mol. The van der Waals surface area contributed by atoms with Crippen molar-refractivity contribution in [1.82, 2.24) is 10.2 Å². The smallest absolute Gasteiger partial charge is 0.522 e. The zero-order chi connectivity index (χ0) is 21.3. The number of carbonyl (C=O) groups excluding carboxylic acids is 2. The van der Waals surface area contributed by atoms with E-state index in [4.69, 9.17) is 20.9 Å². The van der Waals surface area contributed by atoms with Gasteiger partial charge in [0.25, 0.3) is 5.91 Å². The molecule has 0 spiro atoms. The van der Waals surface area contributed by atoms with E-state index < -0.39 is 43.2 Å². The van der Waals surface area contributed by atoms with Gasteiger partial charge >= 0.3 is 13.1 Å². The molecule has 3 rings (SSSR count). The van der Waals surface area contributed by atoms with Crippen molar-refractivity contribution >= 4 is 24.9 Å². The normalized spacial score (nSPS) is 18.1. The first-order valence-electron chi connectivity index (χ1n) is 9.18. The molecule has 2 aliphatic heterocycles. The lowest BCUT2D eigenvalue weighted by Gasteiger charge is -2.40. The number of nitrogens with one attached hydrogen (secondary N) is 1. The van der Waals surface area contributed by atoms with E-state index in [1.807, 2.05) is 0 Å². The molecule has 29 heavy (non-hydrogen) atoms. The lowest BCUT2D eigenvalue weighted by Crippen LogP contribution is -2.63. The summed E-state index contributed by atoms with van der Waals surface area (Å²) in [5.74, 6) is -2.08. The number of nitrogens with two attached hydrogens (primary N) is 2. The van der Waals surface area contributed by atoms with Crippen molar-refractivity contribution < 1.29 is 33.9 Å². The number of carbonyl (C=O) groups is 3. The van der Waals surface area contributed by atoms with Crippen molar-refractivity contribution in [3.05, 3.63) is 23.3 Å². The topological polar surface area (TPSA) is 177 Å². The van der Waals surface area contributed by atoms with Gasteiger partial charge in [0.15, 0.2) is 6.17 Å². The van der Waals surface area contributed by atoms with Crippen LogP contribution in [0.2, 0.25) is 6.32 Å². The minimum atomic E-state index is -1.24. The summed E-state index contributed by atoms with van der Waals surface area (Å²) in [5, 5.41) is 21.6. The average molecular weight is 406 g/mol. The summed E-state index contributed by atoms with van der Waals surface area (Å²) < 4.78 is 11.0. The summed E-state index contributed by atoms with van der Waals surface area (Å²) in [7, 11) is -1.07. The standard InChI is InChI=1S/C17H23BN4O7/c1-8(19)15(23)21-14(20)16(24)22-6-10(7-22)28-11-3-2-9-4-5-18(27)29-13(9)12(11)17(25)26/h2-3,8,10,14,27H,4-7,19-20H2,1H3,(H,21,23)(H,25,26)/t8-,14+/m1/s1. The molecule has 2 atom stereocenters. The van der Waals surface area contributed by atoms with Crippen molar-refractivity contribution in [3.63, 3.8) is 0 Å².